The predicted molar refractivity (Wildman–Crippen MR) is 108 cm³/mol. The molecule has 2 fully saturated rings. The lowest BCUT2D eigenvalue weighted by atomic mass is 9.67. The summed E-state index contributed by atoms with van der Waals surface area (Å²) in [6.45, 7) is 11.7. The van der Waals surface area contributed by atoms with Crippen LogP contribution in [0.4, 0.5) is 0 Å². The largest absolute Gasteiger partial charge is 0.379 e. The van der Waals surface area contributed by atoms with Gasteiger partial charge >= 0.3 is 0 Å². The summed E-state index contributed by atoms with van der Waals surface area (Å²) in [5.74, 6) is 1.56. The SMILES string of the molecule is CCC1(CNC(=NC)NCC(C)CN2CCOCC2)CCC1.I. The Labute approximate surface area is 159 Å². The zero-order valence-electron chi connectivity index (χ0n) is 15.1. The van der Waals surface area contributed by atoms with Crippen LogP contribution in [0.15, 0.2) is 4.99 Å². The normalized spacial score (nSPS) is 22.7. The van der Waals surface area contributed by atoms with Crippen LogP contribution in [0.25, 0.3) is 0 Å². The first kappa shape index (κ1) is 21.0. The minimum atomic E-state index is 0. The van der Waals surface area contributed by atoms with Crippen molar-refractivity contribution in [1.82, 2.24) is 15.5 Å². The molecule has 23 heavy (non-hydrogen) atoms. The van der Waals surface area contributed by atoms with Gasteiger partial charge in [-0.05, 0) is 30.6 Å². The third-order valence-electron chi connectivity index (χ3n) is 5.31. The molecule has 1 atom stereocenters. The van der Waals surface area contributed by atoms with Crippen LogP contribution in [0.2, 0.25) is 0 Å². The number of guanidine groups is 1. The van der Waals surface area contributed by atoms with E-state index in [0.717, 1.165) is 51.9 Å². The van der Waals surface area contributed by atoms with E-state index in [0.29, 0.717) is 11.3 Å². The smallest absolute Gasteiger partial charge is 0.191 e. The Morgan fingerprint density at radius 3 is 2.48 bits per heavy atom. The van der Waals surface area contributed by atoms with Crippen LogP contribution >= 0.6 is 24.0 Å². The van der Waals surface area contributed by atoms with Gasteiger partial charge in [-0.15, -0.1) is 24.0 Å². The van der Waals surface area contributed by atoms with Crippen molar-refractivity contribution in [2.24, 2.45) is 16.3 Å². The van der Waals surface area contributed by atoms with Crippen molar-refractivity contribution >= 4 is 29.9 Å². The zero-order chi connectivity index (χ0) is 15.8. The van der Waals surface area contributed by atoms with E-state index in [1.54, 1.807) is 0 Å². The minimum absolute atomic E-state index is 0. The molecule has 5 nitrogen and oxygen atoms in total. The van der Waals surface area contributed by atoms with E-state index in [1.165, 1.54) is 25.7 Å². The monoisotopic (exact) mass is 438 g/mol. The molecule has 2 rings (SSSR count). The Morgan fingerprint density at radius 2 is 1.96 bits per heavy atom. The van der Waals surface area contributed by atoms with E-state index in [-0.39, 0.29) is 24.0 Å². The van der Waals surface area contributed by atoms with Gasteiger partial charge in [0, 0.05) is 39.8 Å². The van der Waals surface area contributed by atoms with Crippen molar-refractivity contribution in [3.63, 3.8) is 0 Å². The second-order valence-electron chi connectivity index (χ2n) is 7.03. The molecule has 0 radical (unpaired) electrons. The first-order valence-electron chi connectivity index (χ1n) is 8.92. The fraction of sp³-hybridized carbons (Fsp3) is 0.941. The Kier molecular flexibility index (Phi) is 9.77. The van der Waals surface area contributed by atoms with Gasteiger partial charge in [0.25, 0.3) is 0 Å². The highest BCUT2D eigenvalue weighted by molar-refractivity contribution is 14.0. The quantitative estimate of drug-likeness (QED) is 0.364. The van der Waals surface area contributed by atoms with E-state index >= 15 is 0 Å². The molecule has 0 bridgehead atoms. The Balaban J connectivity index is 0.00000264. The van der Waals surface area contributed by atoms with E-state index in [9.17, 15) is 0 Å². The average Bonchev–Trinajstić information content (AvgIpc) is 2.50. The molecule has 1 saturated carbocycles. The Morgan fingerprint density at radius 1 is 1.26 bits per heavy atom. The summed E-state index contributed by atoms with van der Waals surface area (Å²) in [7, 11) is 1.86. The topological polar surface area (TPSA) is 48.9 Å². The van der Waals surface area contributed by atoms with Crippen molar-refractivity contribution < 1.29 is 4.74 Å². The van der Waals surface area contributed by atoms with Gasteiger partial charge in [-0.1, -0.05) is 20.3 Å². The first-order valence-corrected chi connectivity index (χ1v) is 8.92. The summed E-state index contributed by atoms with van der Waals surface area (Å²) in [5, 5.41) is 7.01. The maximum absolute atomic E-state index is 5.40. The molecule has 1 aliphatic carbocycles. The maximum atomic E-state index is 5.40. The number of aliphatic imine (C=N–C) groups is 1. The van der Waals surface area contributed by atoms with Gasteiger partial charge in [-0.3, -0.25) is 9.89 Å². The van der Waals surface area contributed by atoms with Crippen LogP contribution in [0.3, 0.4) is 0 Å². The molecular formula is C17H35IN4O. The summed E-state index contributed by atoms with van der Waals surface area (Å²) in [4.78, 5) is 6.86. The number of rotatable bonds is 7. The van der Waals surface area contributed by atoms with Gasteiger partial charge in [0.1, 0.15) is 0 Å². The lowest BCUT2D eigenvalue weighted by molar-refractivity contribution is 0.0320. The number of hydrogen-bond acceptors (Lipinski definition) is 3. The number of halogens is 1. The highest BCUT2D eigenvalue weighted by atomic mass is 127. The molecule has 1 saturated heterocycles. The summed E-state index contributed by atoms with van der Waals surface area (Å²) in [6.07, 6.45) is 5.38. The van der Waals surface area contributed by atoms with Gasteiger partial charge in [-0.2, -0.15) is 0 Å². The summed E-state index contributed by atoms with van der Waals surface area (Å²) >= 11 is 0. The summed E-state index contributed by atoms with van der Waals surface area (Å²) in [6, 6.07) is 0. The zero-order valence-corrected chi connectivity index (χ0v) is 17.4. The number of morpholine rings is 1. The fourth-order valence-electron chi connectivity index (χ4n) is 3.38. The molecule has 1 aliphatic heterocycles. The molecule has 2 aliphatic rings. The molecule has 2 N–H and O–H groups in total. The second-order valence-corrected chi connectivity index (χ2v) is 7.03. The van der Waals surface area contributed by atoms with Crippen LogP contribution in [-0.4, -0.2) is 63.8 Å². The Hall–Kier alpha value is -0.0800. The summed E-state index contributed by atoms with van der Waals surface area (Å²) in [5.41, 5.74) is 0.525. The molecule has 0 aromatic rings. The van der Waals surface area contributed by atoms with Crippen LogP contribution in [-0.2, 0) is 4.74 Å². The maximum Gasteiger partial charge on any atom is 0.191 e. The number of nitrogens with zero attached hydrogens (tertiary/aromatic N) is 2. The van der Waals surface area contributed by atoms with E-state index in [4.69, 9.17) is 4.74 Å². The fourth-order valence-corrected chi connectivity index (χ4v) is 3.38. The van der Waals surface area contributed by atoms with Crippen molar-refractivity contribution in [3.8, 4) is 0 Å². The van der Waals surface area contributed by atoms with E-state index in [1.807, 2.05) is 7.05 Å². The highest BCUT2D eigenvalue weighted by Crippen LogP contribution is 2.42. The van der Waals surface area contributed by atoms with Crippen molar-refractivity contribution in [1.29, 1.82) is 0 Å². The predicted octanol–water partition coefficient (Wildman–Crippen LogP) is 2.32. The minimum Gasteiger partial charge on any atom is -0.379 e. The van der Waals surface area contributed by atoms with Crippen LogP contribution < -0.4 is 10.6 Å². The lowest BCUT2D eigenvalue weighted by Gasteiger charge is -2.41. The molecule has 0 amide bonds. The molecule has 1 unspecified atom stereocenters. The lowest BCUT2D eigenvalue weighted by Crippen LogP contribution is -2.48. The van der Waals surface area contributed by atoms with Gasteiger partial charge in [0.15, 0.2) is 5.96 Å². The van der Waals surface area contributed by atoms with Crippen LogP contribution in [0, 0.1) is 11.3 Å². The third-order valence-corrected chi connectivity index (χ3v) is 5.31. The van der Waals surface area contributed by atoms with Crippen molar-refractivity contribution in [2.75, 3.05) is 53.0 Å². The van der Waals surface area contributed by atoms with Gasteiger partial charge in [-0.25, -0.2) is 0 Å². The van der Waals surface area contributed by atoms with E-state index in [2.05, 4.69) is 34.4 Å². The second kappa shape index (κ2) is 10.7. The van der Waals surface area contributed by atoms with Gasteiger partial charge in [0.2, 0.25) is 0 Å². The van der Waals surface area contributed by atoms with Crippen LogP contribution in [0.5, 0.6) is 0 Å². The third kappa shape index (κ3) is 6.74. The number of ether oxygens (including phenoxy) is 1. The van der Waals surface area contributed by atoms with E-state index < -0.39 is 0 Å². The standard InChI is InChI=1S/C17H34N4O.HI/c1-4-17(6-5-7-17)14-20-16(18-3)19-12-15(2)13-21-8-10-22-11-9-21;/h15H,4-14H2,1-3H3,(H2,18,19,20);1H. The highest BCUT2D eigenvalue weighted by Gasteiger charge is 2.34. The molecule has 0 aromatic heterocycles. The molecule has 0 spiro atoms. The number of hydrogen-bond donors (Lipinski definition) is 2. The Bertz CT molecular complexity index is 349. The molecular weight excluding hydrogens is 403 g/mol. The average molecular weight is 438 g/mol. The first-order chi connectivity index (χ1) is 10.7. The summed E-state index contributed by atoms with van der Waals surface area (Å²) < 4.78 is 5.40. The molecule has 6 heteroatoms. The number of nitrogens with one attached hydrogen (secondary N) is 2. The van der Waals surface area contributed by atoms with Gasteiger partial charge in [0.05, 0.1) is 13.2 Å². The van der Waals surface area contributed by atoms with Crippen molar-refractivity contribution in [2.45, 2.75) is 39.5 Å². The van der Waals surface area contributed by atoms with Gasteiger partial charge < -0.3 is 15.4 Å². The molecule has 1 heterocycles. The molecule has 136 valence electrons. The van der Waals surface area contributed by atoms with Crippen molar-refractivity contribution in [3.05, 3.63) is 0 Å². The van der Waals surface area contributed by atoms with Crippen LogP contribution in [0.1, 0.15) is 39.5 Å². The molecule has 0 aromatic carbocycles.